The zero-order valence-electron chi connectivity index (χ0n) is 15.3. The molecule has 0 aliphatic heterocycles. The van der Waals surface area contributed by atoms with Crippen molar-refractivity contribution in [3.63, 3.8) is 0 Å². The zero-order valence-corrected chi connectivity index (χ0v) is 16.1. The average molecular weight is 377 g/mol. The number of aryl methyl sites for hydroxylation is 1. The van der Waals surface area contributed by atoms with Crippen molar-refractivity contribution >= 4 is 23.6 Å². The first-order valence-corrected chi connectivity index (χ1v) is 9.33. The molecule has 0 fully saturated rings. The van der Waals surface area contributed by atoms with E-state index in [4.69, 9.17) is 9.15 Å². The highest BCUT2D eigenvalue weighted by atomic mass is 32.2. The van der Waals surface area contributed by atoms with Gasteiger partial charge in [-0.25, -0.2) is 4.79 Å². The van der Waals surface area contributed by atoms with Crippen molar-refractivity contribution in [2.24, 2.45) is 5.92 Å². The Hall–Kier alpha value is -2.35. The molecule has 0 bridgehead atoms. The first kappa shape index (κ1) is 20.0. The van der Waals surface area contributed by atoms with Crippen LogP contribution in [-0.2, 0) is 14.3 Å². The van der Waals surface area contributed by atoms with Gasteiger partial charge in [-0.05, 0) is 25.0 Å². The molecule has 1 amide bonds. The summed E-state index contributed by atoms with van der Waals surface area (Å²) in [6.45, 7) is 5.82. The summed E-state index contributed by atoms with van der Waals surface area (Å²) in [5.41, 5.74) is 1.92. The van der Waals surface area contributed by atoms with Crippen LogP contribution in [0.1, 0.15) is 25.8 Å². The number of aromatic nitrogens is 2. The number of thioether (sulfide) groups is 1. The molecule has 7 nitrogen and oxygen atoms in total. The maximum Gasteiger partial charge on any atom is 0.328 e. The Bertz CT molecular complexity index is 762. The predicted molar refractivity (Wildman–Crippen MR) is 98.6 cm³/mol. The van der Waals surface area contributed by atoms with Gasteiger partial charge in [0.2, 0.25) is 11.8 Å². The minimum absolute atomic E-state index is 0.0206. The van der Waals surface area contributed by atoms with Crippen LogP contribution in [0.25, 0.3) is 11.5 Å². The zero-order chi connectivity index (χ0) is 19.1. The van der Waals surface area contributed by atoms with E-state index < -0.39 is 12.0 Å². The Kier molecular flexibility index (Phi) is 7.20. The first-order chi connectivity index (χ1) is 12.4. The van der Waals surface area contributed by atoms with Gasteiger partial charge in [-0.3, -0.25) is 4.79 Å². The second kappa shape index (κ2) is 9.38. The molecule has 0 saturated carbocycles. The van der Waals surface area contributed by atoms with E-state index >= 15 is 0 Å². The van der Waals surface area contributed by atoms with Crippen LogP contribution in [-0.4, -0.2) is 41.0 Å². The number of carbonyl (C=O) groups is 2. The molecule has 0 spiro atoms. The fourth-order valence-electron chi connectivity index (χ4n) is 2.30. The van der Waals surface area contributed by atoms with Gasteiger partial charge in [0.25, 0.3) is 5.22 Å². The van der Waals surface area contributed by atoms with Crippen molar-refractivity contribution in [1.82, 2.24) is 15.5 Å². The van der Waals surface area contributed by atoms with Crippen LogP contribution in [0.15, 0.2) is 33.9 Å². The van der Waals surface area contributed by atoms with Crippen LogP contribution < -0.4 is 5.32 Å². The fourth-order valence-corrected chi connectivity index (χ4v) is 2.88. The molecule has 2 rings (SSSR count). The molecule has 2 atom stereocenters. The topological polar surface area (TPSA) is 94.3 Å². The van der Waals surface area contributed by atoms with Crippen molar-refractivity contribution in [2.45, 2.75) is 38.5 Å². The summed E-state index contributed by atoms with van der Waals surface area (Å²) in [6, 6.07) is 7.06. The van der Waals surface area contributed by atoms with Crippen LogP contribution in [0.4, 0.5) is 0 Å². The molecule has 0 unspecified atom stereocenters. The molecule has 2 aromatic rings. The van der Waals surface area contributed by atoms with E-state index in [0.29, 0.717) is 11.1 Å². The maximum atomic E-state index is 12.2. The lowest BCUT2D eigenvalue weighted by Gasteiger charge is -2.21. The minimum atomic E-state index is -0.663. The summed E-state index contributed by atoms with van der Waals surface area (Å²) in [4.78, 5) is 24.0. The standard InChI is InChI=1S/C18H23N3O4S/c1-5-12(3)15(17(23)24-4)19-14(22)10-26-18-21-20-16(25-18)13-8-6-7-11(2)9-13/h6-9,12,15H,5,10H2,1-4H3,(H,19,22)/t12-,15-/m1/s1. The monoisotopic (exact) mass is 377 g/mol. The molecule has 26 heavy (non-hydrogen) atoms. The van der Waals surface area contributed by atoms with Crippen molar-refractivity contribution in [3.8, 4) is 11.5 Å². The molecule has 1 heterocycles. The van der Waals surface area contributed by atoms with Gasteiger partial charge in [-0.2, -0.15) is 0 Å². The fraction of sp³-hybridized carbons (Fsp3) is 0.444. The molecule has 140 valence electrons. The van der Waals surface area contributed by atoms with Crippen molar-refractivity contribution in [2.75, 3.05) is 12.9 Å². The average Bonchev–Trinajstić information content (AvgIpc) is 3.12. The van der Waals surface area contributed by atoms with Gasteiger partial charge in [0.05, 0.1) is 12.9 Å². The third-order valence-corrected chi connectivity index (χ3v) is 4.80. The summed E-state index contributed by atoms with van der Waals surface area (Å²) in [5, 5.41) is 11.0. The Balaban J connectivity index is 1.94. The first-order valence-electron chi connectivity index (χ1n) is 8.35. The van der Waals surface area contributed by atoms with E-state index in [2.05, 4.69) is 15.5 Å². The number of esters is 1. The predicted octanol–water partition coefficient (Wildman–Crippen LogP) is 2.84. The summed E-state index contributed by atoms with van der Waals surface area (Å²) in [5.74, 6) is -0.283. The molecule has 1 aromatic carbocycles. The highest BCUT2D eigenvalue weighted by Crippen LogP contribution is 2.23. The SMILES string of the molecule is CC[C@@H](C)[C@@H](NC(=O)CSc1nnc(-c2cccc(C)c2)o1)C(=O)OC. The minimum Gasteiger partial charge on any atom is -0.467 e. The molecule has 0 saturated heterocycles. The van der Waals surface area contributed by atoms with E-state index in [1.807, 2.05) is 45.0 Å². The number of amides is 1. The summed E-state index contributed by atoms with van der Waals surface area (Å²) < 4.78 is 10.3. The second-order valence-electron chi connectivity index (χ2n) is 5.99. The van der Waals surface area contributed by atoms with Gasteiger partial charge in [-0.15, -0.1) is 10.2 Å². The number of nitrogens with zero attached hydrogens (tertiary/aromatic N) is 2. The number of nitrogens with one attached hydrogen (secondary N) is 1. The summed E-state index contributed by atoms with van der Waals surface area (Å²) >= 11 is 1.12. The molecule has 0 aliphatic rings. The van der Waals surface area contributed by atoms with Gasteiger partial charge < -0.3 is 14.5 Å². The Morgan fingerprint density at radius 1 is 1.35 bits per heavy atom. The molecule has 0 radical (unpaired) electrons. The van der Waals surface area contributed by atoms with E-state index in [-0.39, 0.29) is 17.6 Å². The molecule has 8 heteroatoms. The lowest BCUT2D eigenvalue weighted by molar-refractivity contribution is -0.146. The van der Waals surface area contributed by atoms with E-state index in [9.17, 15) is 9.59 Å². The molecular formula is C18H23N3O4S. The van der Waals surface area contributed by atoms with E-state index in [1.165, 1.54) is 7.11 Å². The lowest BCUT2D eigenvalue weighted by Crippen LogP contribution is -2.46. The van der Waals surface area contributed by atoms with Gasteiger partial charge >= 0.3 is 5.97 Å². The number of carbonyl (C=O) groups excluding carboxylic acids is 2. The quantitative estimate of drug-likeness (QED) is 0.558. The smallest absolute Gasteiger partial charge is 0.328 e. The molecule has 0 aliphatic carbocycles. The third kappa shape index (κ3) is 5.32. The molecule has 1 aromatic heterocycles. The number of benzene rings is 1. The summed E-state index contributed by atoms with van der Waals surface area (Å²) in [7, 11) is 1.31. The number of hydrogen-bond acceptors (Lipinski definition) is 7. The lowest BCUT2D eigenvalue weighted by atomic mass is 9.99. The van der Waals surface area contributed by atoms with Crippen molar-refractivity contribution < 1.29 is 18.7 Å². The van der Waals surface area contributed by atoms with Crippen LogP contribution in [0.5, 0.6) is 0 Å². The number of ether oxygens (including phenoxy) is 1. The Morgan fingerprint density at radius 3 is 2.77 bits per heavy atom. The van der Waals surface area contributed by atoms with Gasteiger partial charge in [0.1, 0.15) is 6.04 Å². The highest BCUT2D eigenvalue weighted by Gasteiger charge is 2.26. The molecular weight excluding hydrogens is 354 g/mol. The van der Waals surface area contributed by atoms with Crippen molar-refractivity contribution in [1.29, 1.82) is 0 Å². The van der Waals surface area contributed by atoms with Crippen LogP contribution >= 0.6 is 11.8 Å². The molecule has 1 N–H and O–H groups in total. The Morgan fingerprint density at radius 2 is 2.12 bits per heavy atom. The Labute approximate surface area is 156 Å². The third-order valence-electron chi connectivity index (χ3n) is 3.98. The number of hydrogen-bond donors (Lipinski definition) is 1. The van der Waals surface area contributed by atoms with Crippen LogP contribution in [0.3, 0.4) is 0 Å². The van der Waals surface area contributed by atoms with E-state index in [1.54, 1.807) is 0 Å². The van der Waals surface area contributed by atoms with Crippen LogP contribution in [0.2, 0.25) is 0 Å². The van der Waals surface area contributed by atoms with E-state index in [0.717, 1.165) is 29.3 Å². The van der Waals surface area contributed by atoms with Crippen LogP contribution in [0, 0.1) is 12.8 Å². The second-order valence-corrected chi connectivity index (χ2v) is 6.91. The normalized spacial score (nSPS) is 13.1. The number of methoxy groups -OCH3 is 1. The van der Waals surface area contributed by atoms with Gasteiger partial charge in [-0.1, -0.05) is 49.7 Å². The van der Waals surface area contributed by atoms with Crippen molar-refractivity contribution in [3.05, 3.63) is 29.8 Å². The maximum absolute atomic E-state index is 12.2. The number of rotatable bonds is 8. The highest BCUT2D eigenvalue weighted by molar-refractivity contribution is 7.99. The van der Waals surface area contributed by atoms with Gasteiger partial charge in [0, 0.05) is 5.56 Å². The summed E-state index contributed by atoms with van der Waals surface area (Å²) in [6.07, 6.45) is 0.747. The largest absolute Gasteiger partial charge is 0.467 e. The van der Waals surface area contributed by atoms with Gasteiger partial charge in [0.15, 0.2) is 0 Å².